The summed E-state index contributed by atoms with van der Waals surface area (Å²) in [7, 11) is 0. The minimum atomic E-state index is 0.175. The Labute approximate surface area is 118 Å². The van der Waals surface area contributed by atoms with Crippen LogP contribution in [0.15, 0.2) is 23.8 Å². The van der Waals surface area contributed by atoms with Crippen molar-refractivity contribution in [1.82, 2.24) is 0 Å². The minimum Gasteiger partial charge on any atom is -0.295 e. The van der Waals surface area contributed by atoms with Crippen molar-refractivity contribution in [3.8, 4) is 0 Å². The lowest BCUT2D eigenvalue weighted by Crippen LogP contribution is -2.45. The van der Waals surface area contributed by atoms with E-state index in [1.54, 1.807) is 0 Å². The van der Waals surface area contributed by atoms with Crippen LogP contribution < -0.4 is 0 Å². The van der Waals surface area contributed by atoms with E-state index in [1.807, 2.05) is 6.08 Å². The van der Waals surface area contributed by atoms with Gasteiger partial charge in [0.05, 0.1) is 0 Å². The standard InChI is InChI=1S/C18H28O/c1-12(2)16-15(17(3,4)5)8-7-13-11-14(19)9-10-18(13,16)6/h7-8,11-12,15-16H,9-10H2,1-6H3. The first-order chi connectivity index (χ1) is 8.66. The molecule has 0 bridgehead atoms. The molecule has 0 N–H and O–H groups in total. The van der Waals surface area contributed by atoms with Crippen molar-refractivity contribution in [3.05, 3.63) is 23.8 Å². The first kappa shape index (κ1) is 14.6. The van der Waals surface area contributed by atoms with E-state index >= 15 is 0 Å². The first-order valence-electron chi connectivity index (χ1n) is 7.59. The summed E-state index contributed by atoms with van der Waals surface area (Å²) in [5.41, 5.74) is 1.72. The average Bonchev–Trinajstić information content (AvgIpc) is 2.26. The number of carbonyl (C=O) groups is 1. The zero-order chi connectivity index (χ0) is 14.4. The monoisotopic (exact) mass is 260 g/mol. The summed E-state index contributed by atoms with van der Waals surface area (Å²) in [5.74, 6) is 2.14. The lowest BCUT2D eigenvalue weighted by atomic mass is 9.52. The maximum Gasteiger partial charge on any atom is 0.156 e. The number of hydrogen-bond acceptors (Lipinski definition) is 1. The summed E-state index contributed by atoms with van der Waals surface area (Å²) in [6, 6.07) is 0. The normalized spacial score (nSPS) is 35.3. The summed E-state index contributed by atoms with van der Waals surface area (Å²) in [6.45, 7) is 14.1. The van der Waals surface area contributed by atoms with Crippen LogP contribution in [0.25, 0.3) is 0 Å². The minimum absolute atomic E-state index is 0.175. The van der Waals surface area contributed by atoms with Gasteiger partial charge in [-0.3, -0.25) is 4.79 Å². The molecular weight excluding hydrogens is 232 g/mol. The van der Waals surface area contributed by atoms with Crippen molar-refractivity contribution in [2.24, 2.45) is 28.6 Å². The average molecular weight is 260 g/mol. The Kier molecular flexibility index (Phi) is 3.53. The molecule has 3 unspecified atom stereocenters. The smallest absolute Gasteiger partial charge is 0.156 e. The van der Waals surface area contributed by atoms with Gasteiger partial charge in [0.15, 0.2) is 5.78 Å². The lowest BCUT2D eigenvalue weighted by molar-refractivity contribution is -0.116. The Balaban J connectivity index is 2.52. The SMILES string of the molecule is CC(C)C1C(C(C)(C)C)C=CC2=CC(=O)CCC21C. The predicted octanol–water partition coefficient (Wildman–Crippen LogP) is 4.79. The zero-order valence-electron chi connectivity index (χ0n) is 13.3. The molecule has 1 nitrogen and oxygen atoms in total. The van der Waals surface area contributed by atoms with Crippen LogP contribution in [0.1, 0.15) is 54.4 Å². The highest BCUT2D eigenvalue weighted by molar-refractivity contribution is 5.92. The molecule has 2 aliphatic rings. The number of allylic oxidation sites excluding steroid dienone is 4. The number of carbonyl (C=O) groups excluding carboxylic acids is 1. The van der Waals surface area contributed by atoms with Crippen molar-refractivity contribution >= 4 is 5.78 Å². The molecule has 0 aromatic rings. The van der Waals surface area contributed by atoms with Gasteiger partial charge in [0.2, 0.25) is 0 Å². The van der Waals surface area contributed by atoms with Gasteiger partial charge < -0.3 is 0 Å². The van der Waals surface area contributed by atoms with E-state index in [0.717, 1.165) is 6.42 Å². The highest BCUT2D eigenvalue weighted by Crippen LogP contribution is 2.56. The van der Waals surface area contributed by atoms with Crippen LogP contribution in [0, 0.1) is 28.6 Å². The van der Waals surface area contributed by atoms with E-state index in [1.165, 1.54) is 5.57 Å². The molecule has 3 atom stereocenters. The summed E-state index contributed by atoms with van der Waals surface area (Å²) in [5, 5.41) is 0. The Morgan fingerprint density at radius 1 is 1.32 bits per heavy atom. The number of rotatable bonds is 1. The zero-order valence-corrected chi connectivity index (χ0v) is 13.3. The third-order valence-electron chi connectivity index (χ3n) is 5.19. The molecule has 1 heteroatoms. The molecule has 0 aromatic carbocycles. The fourth-order valence-electron chi connectivity index (χ4n) is 4.24. The van der Waals surface area contributed by atoms with Gasteiger partial charge in [0.1, 0.15) is 0 Å². The lowest BCUT2D eigenvalue weighted by Gasteiger charge is -2.52. The Bertz CT molecular complexity index is 433. The van der Waals surface area contributed by atoms with Crippen molar-refractivity contribution in [3.63, 3.8) is 0 Å². The second-order valence-corrected chi connectivity index (χ2v) is 8.00. The Morgan fingerprint density at radius 3 is 2.47 bits per heavy atom. The molecule has 0 aliphatic heterocycles. The van der Waals surface area contributed by atoms with Gasteiger partial charge in [-0.15, -0.1) is 0 Å². The van der Waals surface area contributed by atoms with Gasteiger partial charge in [0, 0.05) is 6.42 Å². The summed E-state index contributed by atoms with van der Waals surface area (Å²) >= 11 is 0. The molecule has 0 amide bonds. The topological polar surface area (TPSA) is 17.1 Å². The van der Waals surface area contributed by atoms with E-state index in [9.17, 15) is 4.79 Å². The first-order valence-corrected chi connectivity index (χ1v) is 7.59. The third kappa shape index (κ3) is 2.44. The molecule has 106 valence electrons. The predicted molar refractivity (Wildman–Crippen MR) is 80.8 cm³/mol. The van der Waals surface area contributed by atoms with E-state index < -0.39 is 0 Å². The van der Waals surface area contributed by atoms with Crippen molar-refractivity contribution in [2.75, 3.05) is 0 Å². The molecular formula is C18H28O. The van der Waals surface area contributed by atoms with E-state index in [-0.39, 0.29) is 10.8 Å². The molecule has 0 saturated carbocycles. The fourth-order valence-corrected chi connectivity index (χ4v) is 4.24. The quantitative estimate of drug-likeness (QED) is 0.662. The largest absolute Gasteiger partial charge is 0.295 e. The fraction of sp³-hybridized carbons (Fsp3) is 0.722. The highest BCUT2D eigenvalue weighted by Gasteiger charge is 2.48. The molecule has 0 heterocycles. The second kappa shape index (κ2) is 4.61. The Morgan fingerprint density at radius 2 is 1.95 bits per heavy atom. The summed E-state index contributed by atoms with van der Waals surface area (Å²) < 4.78 is 0. The third-order valence-corrected chi connectivity index (χ3v) is 5.19. The van der Waals surface area contributed by atoms with Crippen LogP contribution in [0.3, 0.4) is 0 Å². The van der Waals surface area contributed by atoms with Gasteiger partial charge in [0.25, 0.3) is 0 Å². The van der Waals surface area contributed by atoms with E-state index in [2.05, 4.69) is 53.7 Å². The van der Waals surface area contributed by atoms with Crippen LogP contribution in [-0.4, -0.2) is 5.78 Å². The van der Waals surface area contributed by atoms with Gasteiger partial charge >= 0.3 is 0 Å². The molecule has 19 heavy (non-hydrogen) atoms. The van der Waals surface area contributed by atoms with Crippen LogP contribution in [0.5, 0.6) is 0 Å². The number of ketones is 1. The molecule has 0 radical (unpaired) electrons. The maximum absolute atomic E-state index is 11.7. The van der Waals surface area contributed by atoms with Gasteiger partial charge in [-0.2, -0.15) is 0 Å². The van der Waals surface area contributed by atoms with Crippen molar-refractivity contribution in [1.29, 1.82) is 0 Å². The van der Waals surface area contributed by atoms with Crippen LogP contribution >= 0.6 is 0 Å². The second-order valence-electron chi connectivity index (χ2n) is 8.00. The van der Waals surface area contributed by atoms with Crippen LogP contribution in [0.4, 0.5) is 0 Å². The van der Waals surface area contributed by atoms with Crippen LogP contribution in [0.2, 0.25) is 0 Å². The van der Waals surface area contributed by atoms with E-state index in [4.69, 9.17) is 0 Å². The Hall–Kier alpha value is -0.850. The molecule has 0 spiro atoms. The van der Waals surface area contributed by atoms with Gasteiger partial charge in [-0.25, -0.2) is 0 Å². The summed E-state index contributed by atoms with van der Waals surface area (Å²) in [4.78, 5) is 11.7. The number of hydrogen-bond donors (Lipinski definition) is 0. The van der Waals surface area contributed by atoms with Gasteiger partial charge in [-0.05, 0) is 46.7 Å². The molecule has 2 rings (SSSR count). The molecule has 0 fully saturated rings. The number of fused-ring (bicyclic) bond motifs is 1. The summed E-state index contributed by atoms with van der Waals surface area (Å²) in [6.07, 6.45) is 8.21. The maximum atomic E-state index is 11.7. The van der Waals surface area contributed by atoms with Crippen molar-refractivity contribution in [2.45, 2.75) is 54.4 Å². The van der Waals surface area contributed by atoms with E-state index in [0.29, 0.717) is 30.0 Å². The van der Waals surface area contributed by atoms with Crippen molar-refractivity contribution < 1.29 is 4.79 Å². The van der Waals surface area contributed by atoms with Crippen LogP contribution in [-0.2, 0) is 4.79 Å². The van der Waals surface area contributed by atoms with Gasteiger partial charge in [-0.1, -0.05) is 53.7 Å². The molecule has 2 aliphatic carbocycles. The molecule has 0 saturated heterocycles. The molecule has 0 aromatic heterocycles. The highest BCUT2D eigenvalue weighted by atomic mass is 16.1.